The second-order valence-corrected chi connectivity index (χ2v) is 5.25. The standard InChI is InChI=1S/C22H25NO/c1-12-13(2)14(3)15(4)16(5)17(6)18(7)19(8)20(9)21(10)22(24)23-11/h2-12H2,1H3. The molecule has 0 aliphatic carbocycles. The molecule has 0 spiro atoms. The molecule has 0 N–H and O–H groups in total. The van der Waals surface area contributed by atoms with Gasteiger partial charge in [0, 0.05) is 5.57 Å². The molecule has 0 unspecified atom stereocenters. The van der Waals surface area contributed by atoms with Gasteiger partial charge in [-0.3, -0.25) is 4.79 Å². The first kappa shape index (κ1) is 21.0. The summed E-state index contributed by atoms with van der Waals surface area (Å²) in [7, 11) is 0. The van der Waals surface area contributed by atoms with Crippen molar-refractivity contribution >= 4 is 12.6 Å². The maximum absolute atomic E-state index is 11.6. The Hall–Kier alpha value is -3.00. The molecule has 0 aromatic carbocycles. The number of hydrogen-bond acceptors (Lipinski definition) is 1. The number of amides is 1. The van der Waals surface area contributed by atoms with Crippen molar-refractivity contribution in [3.05, 3.63) is 109 Å². The molecule has 0 saturated heterocycles. The molecule has 2 heteroatoms. The van der Waals surface area contributed by atoms with E-state index in [2.05, 4.69) is 70.9 Å². The minimum absolute atomic E-state index is 0.108. The summed E-state index contributed by atoms with van der Waals surface area (Å²) >= 11 is 0. The Morgan fingerprint density at radius 2 is 0.917 bits per heavy atom. The van der Waals surface area contributed by atoms with Crippen LogP contribution in [-0.2, 0) is 4.79 Å². The molecule has 0 aliphatic rings. The zero-order valence-electron chi connectivity index (χ0n) is 14.6. The molecule has 0 heterocycles. The lowest BCUT2D eigenvalue weighted by atomic mass is 9.85. The number of rotatable bonds is 10. The Kier molecular flexibility index (Phi) is 7.51. The Labute approximate surface area is 145 Å². The van der Waals surface area contributed by atoms with Crippen LogP contribution in [0.2, 0.25) is 0 Å². The summed E-state index contributed by atoms with van der Waals surface area (Å²) in [6.07, 6.45) is 0.762. The van der Waals surface area contributed by atoms with Gasteiger partial charge < -0.3 is 0 Å². The summed E-state index contributed by atoms with van der Waals surface area (Å²) in [6.45, 7) is 40.4. The number of carbonyl (C=O) groups excluding carboxylic acids is 1. The van der Waals surface area contributed by atoms with Gasteiger partial charge in [0.15, 0.2) is 0 Å². The smallest absolute Gasteiger partial charge is 0.267 e. The topological polar surface area (TPSA) is 29.4 Å². The van der Waals surface area contributed by atoms with Gasteiger partial charge in [0.1, 0.15) is 0 Å². The number of aliphatic imine (C=N–C) groups is 1. The van der Waals surface area contributed by atoms with Crippen LogP contribution in [0.4, 0.5) is 0 Å². The fraction of sp³-hybridized carbons (Fsp3) is 0.0909. The van der Waals surface area contributed by atoms with E-state index >= 15 is 0 Å². The minimum Gasteiger partial charge on any atom is -0.267 e. The van der Waals surface area contributed by atoms with Crippen molar-refractivity contribution in [2.75, 3.05) is 0 Å². The SMILES string of the molecule is C=NC(=O)C(=C)C(=C)C(=C)C(=C)C(=C)C(=C)C(=C)C(=C)C(=C)CC. The predicted octanol–water partition coefficient (Wildman–Crippen LogP) is 5.63. The Balaban J connectivity index is 5.32. The summed E-state index contributed by atoms with van der Waals surface area (Å²) in [5.41, 5.74) is 4.68. The Morgan fingerprint density at radius 3 is 1.21 bits per heavy atom. The molecule has 0 atom stereocenters. The molecule has 0 bridgehead atoms. The summed E-state index contributed by atoms with van der Waals surface area (Å²) < 4.78 is 0. The predicted molar refractivity (Wildman–Crippen MR) is 107 cm³/mol. The van der Waals surface area contributed by atoms with Crippen molar-refractivity contribution in [2.45, 2.75) is 13.3 Å². The normalized spacial score (nSPS) is 9.38. The van der Waals surface area contributed by atoms with Gasteiger partial charge in [0.2, 0.25) is 0 Å². The molecule has 2 nitrogen and oxygen atoms in total. The fourth-order valence-corrected chi connectivity index (χ4v) is 1.74. The van der Waals surface area contributed by atoms with Gasteiger partial charge in [-0.15, -0.1) is 0 Å². The lowest BCUT2D eigenvalue weighted by Gasteiger charge is -2.19. The number of carbonyl (C=O) groups is 1. The van der Waals surface area contributed by atoms with E-state index in [1.165, 1.54) is 0 Å². The molecule has 0 fully saturated rings. The summed E-state index contributed by atoms with van der Waals surface area (Å²) in [5, 5.41) is 0. The third kappa shape index (κ3) is 4.50. The molecular weight excluding hydrogens is 294 g/mol. The molecule has 1 amide bonds. The zero-order valence-corrected chi connectivity index (χ0v) is 14.6. The second-order valence-electron chi connectivity index (χ2n) is 5.25. The molecule has 0 saturated carbocycles. The van der Waals surface area contributed by atoms with Gasteiger partial charge in [-0.25, -0.2) is 4.99 Å². The fourth-order valence-electron chi connectivity index (χ4n) is 1.74. The van der Waals surface area contributed by atoms with Crippen LogP contribution in [-0.4, -0.2) is 12.6 Å². The van der Waals surface area contributed by atoms with E-state index in [1.807, 2.05) is 6.92 Å². The molecule has 0 rings (SSSR count). The zero-order chi connectivity index (χ0) is 19.2. The van der Waals surface area contributed by atoms with Gasteiger partial charge in [0.25, 0.3) is 5.91 Å². The van der Waals surface area contributed by atoms with E-state index < -0.39 is 5.91 Å². The molecule has 0 aromatic rings. The van der Waals surface area contributed by atoms with Gasteiger partial charge in [-0.05, 0) is 57.7 Å². The van der Waals surface area contributed by atoms with Crippen molar-refractivity contribution in [3.63, 3.8) is 0 Å². The molecular formula is C22H25NO. The maximum atomic E-state index is 11.6. The van der Waals surface area contributed by atoms with Crippen LogP contribution in [0.1, 0.15) is 13.3 Å². The average Bonchev–Trinajstić information content (AvgIpc) is 2.61. The van der Waals surface area contributed by atoms with Crippen LogP contribution in [0.15, 0.2) is 114 Å². The first-order valence-corrected chi connectivity index (χ1v) is 7.24. The van der Waals surface area contributed by atoms with Gasteiger partial charge in [-0.1, -0.05) is 66.1 Å². The lowest BCUT2D eigenvalue weighted by Crippen LogP contribution is -2.05. The molecule has 124 valence electrons. The van der Waals surface area contributed by atoms with Crippen molar-refractivity contribution in [2.24, 2.45) is 4.99 Å². The van der Waals surface area contributed by atoms with Crippen molar-refractivity contribution in [1.82, 2.24) is 0 Å². The van der Waals surface area contributed by atoms with E-state index in [9.17, 15) is 4.79 Å². The Bertz CT molecular complexity index is 738. The van der Waals surface area contributed by atoms with Crippen molar-refractivity contribution in [3.8, 4) is 0 Å². The molecule has 24 heavy (non-hydrogen) atoms. The molecule has 0 aromatic heterocycles. The van der Waals surface area contributed by atoms with E-state index in [0.717, 1.165) is 17.6 Å². The number of hydrogen-bond donors (Lipinski definition) is 0. The van der Waals surface area contributed by atoms with Gasteiger partial charge >= 0.3 is 0 Å². The summed E-state index contributed by atoms with van der Waals surface area (Å²) in [4.78, 5) is 14.9. The second kappa shape index (κ2) is 8.59. The van der Waals surface area contributed by atoms with Gasteiger partial charge in [0.05, 0.1) is 0 Å². The van der Waals surface area contributed by atoms with E-state index in [0.29, 0.717) is 33.4 Å². The summed E-state index contributed by atoms with van der Waals surface area (Å²) in [6, 6.07) is 0. The van der Waals surface area contributed by atoms with Gasteiger partial charge in [-0.2, -0.15) is 0 Å². The average molecular weight is 319 g/mol. The largest absolute Gasteiger partial charge is 0.276 e. The third-order valence-corrected chi connectivity index (χ3v) is 3.81. The molecule has 0 radical (unpaired) electrons. The third-order valence-electron chi connectivity index (χ3n) is 3.81. The highest BCUT2D eigenvalue weighted by atomic mass is 16.1. The first-order valence-electron chi connectivity index (χ1n) is 7.24. The van der Waals surface area contributed by atoms with E-state index in [-0.39, 0.29) is 5.57 Å². The molecule has 0 aliphatic heterocycles. The van der Waals surface area contributed by atoms with Crippen LogP contribution in [0.3, 0.4) is 0 Å². The minimum atomic E-state index is -0.560. The monoisotopic (exact) mass is 319 g/mol. The van der Waals surface area contributed by atoms with Crippen LogP contribution in [0.5, 0.6) is 0 Å². The van der Waals surface area contributed by atoms with Crippen LogP contribution < -0.4 is 0 Å². The van der Waals surface area contributed by atoms with Crippen LogP contribution in [0.25, 0.3) is 0 Å². The van der Waals surface area contributed by atoms with Crippen LogP contribution in [0, 0.1) is 0 Å². The van der Waals surface area contributed by atoms with Crippen molar-refractivity contribution in [1.29, 1.82) is 0 Å². The Morgan fingerprint density at radius 1 is 0.625 bits per heavy atom. The highest BCUT2D eigenvalue weighted by Crippen LogP contribution is 2.33. The van der Waals surface area contributed by atoms with Crippen molar-refractivity contribution < 1.29 is 4.79 Å². The number of allylic oxidation sites excluding steroid dienone is 7. The highest BCUT2D eigenvalue weighted by molar-refractivity contribution is 6.01. The quantitative estimate of drug-likeness (QED) is 0.291. The number of nitrogens with zero attached hydrogens (tertiary/aromatic N) is 1. The first-order chi connectivity index (χ1) is 11.0. The highest BCUT2D eigenvalue weighted by Gasteiger charge is 2.18. The van der Waals surface area contributed by atoms with E-state index in [4.69, 9.17) is 0 Å². The lowest BCUT2D eigenvalue weighted by molar-refractivity contribution is -0.114. The summed E-state index contributed by atoms with van der Waals surface area (Å²) in [5.74, 6) is -0.560. The van der Waals surface area contributed by atoms with Crippen LogP contribution >= 0.6 is 0 Å². The maximum Gasteiger partial charge on any atom is 0.276 e. The van der Waals surface area contributed by atoms with E-state index in [1.54, 1.807) is 0 Å².